The number of hydrogen-bond donors (Lipinski definition) is 1. The average molecular weight is 392 g/mol. The number of carbonyl (C=O) groups excluding carboxylic acids is 2. The van der Waals surface area contributed by atoms with Gasteiger partial charge in [-0.25, -0.2) is 4.79 Å². The quantitative estimate of drug-likeness (QED) is 0.362. The summed E-state index contributed by atoms with van der Waals surface area (Å²) in [6, 6.07) is -0.772. The molecule has 1 aliphatic carbocycles. The van der Waals surface area contributed by atoms with Crippen molar-refractivity contribution in [2.75, 3.05) is 12.4 Å². The van der Waals surface area contributed by atoms with E-state index < -0.39 is 22.8 Å². The highest BCUT2D eigenvalue weighted by atomic mass is 32.1. The number of fused-ring (bicyclic) bond motifs is 1. The van der Waals surface area contributed by atoms with Gasteiger partial charge in [0.05, 0.1) is 17.6 Å². The third kappa shape index (κ3) is 3.85. The van der Waals surface area contributed by atoms with E-state index in [2.05, 4.69) is 10.4 Å². The molecule has 9 nitrogen and oxygen atoms in total. The van der Waals surface area contributed by atoms with E-state index in [0.717, 1.165) is 48.7 Å². The zero-order chi connectivity index (χ0) is 19.6. The van der Waals surface area contributed by atoms with E-state index in [9.17, 15) is 19.7 Å². The molecule has 2 heterocycles. The summed E-state index contributed by atoms with van der Waals surface area (Å²) in [5.74, 6) is -0.873. The van der Waals surface area contributed by atoms with Gasteiger partial charge in [0, 0.05) is 4.88 Å². The van der Waals surface area contributed by atoms with E-state index in [4.69, 9.17) is 4.74 Å². The summed E-state index contributed by atoms with van der Waals surface area (Å²) in [4.78, 5) is 36.3. The molecule has 0 bridgehead atoms. The molecule has 1 N–H and O–H groups in total. The van der Waals surface area contributed by atoms with Gasteiger partial charge in [0.25, 0.3) is 0 Å². The van der Waals surface area contributed by atoms with Crippen LogP contribution >= 0.6 is 11.3 Å². The molecular weight excluding hydrogens is 372 g/mol. The molecule has 2 aromatic rings. The van der Waals surface area contributed by atoms with Crippen LogP contribution in [0.25, 0.3) is 0 Å². The van der Waals surface area contributed by atoms with Crippen LogP contribution in [-0.4, -0.2) is 33.7 Å². The molecule has 0 radical (unpaired) electrons. The Hall–Kier alpha value is -2.75. The molecule has 27 heavy (non-hydrogen) atoms. The number of aromatic nitrogens is 2. The Bertz CT molecular complexity index is 888. The highest BCUT2D eigenvalue weighted by Crippen LogP contribution is 2.38. The predicted octanol–water partition coefficient (Wildman–Crippen LogP) is 3.11. The average Bonchev–Trinajstić information content (AvgIpc) is 3.20. The minimum Gasteiger partial charge on any atom is -0.465 e. The molecule has 1 atom stereocenters. The molecule has 1 amide bonds. The van der Waals surface area contributed by atoms with Crippen molar-refractivity contribution in [3.8, 4) is 0 Å². The zero-order valence-electron chi connectivity index (χ0n) is 15.1. The highest BCUT2D eigenvalue weighted by Gasteiger charge is 2.28. The summed E-state index contributed by atoms with van der Waals surface area (Å²) in [6.45, 7) is 1.59. The molecule has 1 aliphatic rings. The molecule has 1 unspecified atom stereocenters. The predicted molar refractivity (Wildman–Crippen MR) is 99.1 cm³/mol. The Morgan fingerprint density at radius 1 is 1.37 bits per heavy atom. The molecule has 0 saturated heterocycles. The van der Waals surface area contributed by atoms with Gasteiger partial charge in [-0.2, -0.15) is 5.10 Å². The van der Waals surface area contributed by atoms with Crippen molar-refractivity contribution in [1.29, 1.82) is 0 Å². The second-order valence-electron chi connectivity index (χ2n) is 6.36. The van der Waals surface area contributed by atoms with E-state index >= 15 is 0 Å². The number of amides is 1. The number of ether oxygens (including phenoxy) is 1. The first-order chi connectivity index (χ1) is 12.9. The van der Waals surface area contributed by atoms with Crippen LogP contribution in [0.3, 0.4) is 0 Å². The monoisotopic (exact) mass is 392 g/mol. The van der Waals surface area contributed by atoms with Crippen LogP contribution in [0.4, 0.5) is 10.7 Å². The summed E-state index contributed by atoms with van der Waals surface area (Å²) in [7, 11) is 1.32. The van der Waals surface area contributed by atoms with Gasteiger partial charge in [-0.1, -0.05) is 6.42 Å². The first-order valence-electron chi connectivity index (χ1n) is 8.64. The van der Waals surface area contributed by atoms with Gasteiger partial charge in [-0.05, 0) is 38.2 Å². The second-order valence-corrected chi connectivity index (χ2v) is 7.47. The largest absolute Gasteiger partial charge is 0.465 e. The fourth-order valence-electron chi connectivity index (χ4n) is 3.12. The third-order valence-electron chi connectivity index (χ3n) is 4.62. The number of esters is 1. The minimum atomic E-state index is -0.772. The molecule has 0 fully saturated rings. The summed E-state index contributed by atoms with van der Waals surface area (Å²) < 4.78 is 6.15. The van der Waals surface area contributed by atoms with Gasteiger partial charge in [-0.15, -0.1) is 11.3 Å². The van der Waals surface area contributed by atoms with Crippen LogP contribution < -0.4 is 5.32 Å². The standard InChI is InChI=1S/C17H20N4O5S/c1-10(20-9-11(8-18-20)21(24)25)15(22)19-16-14(17(23)26-2)12-6-4-3-5-7-13(12)27-16/h8-10H,3-7H2,1-2H3,(H,19,22). The van der Waals surface area contributed by atoms with E-state index in [0.29, 0.717) is 10.6 Å². The van der Waals surface area contributed by atoms with E-state index in [1.165, 1.54) is 29.3 Å². The summed E-state index contributed by atoms with van der Waals surface area (Å²) in [5, 5.41) is 17.9. The number of aryl methyl sites for hydroxylation is 1. The van der Waals surface area contributed by atoms with Crippen molar-refractivity contribution in [2.45, 2.75) is 45.1 Å². The lowest BCUT2D eigenvalue weighted by molar-refractivity contribution is -0.385. The van der Waals surface area contributed by atoms with Gasteiger partial charge >= 0.3 is 11.7 Å². The van der Waals surface area contributed by atoms with Gasteiger partial charge < -0.3 is 10.1 Å². The maximum atomic E-state index is 12.6. The molecule has 0 aromatic carbocycles. The number of anilines is 1. The van der Waals surface area contributed by atoms with E-state index in [1.807, 2.05) is 0 Å². The second kappa shape index (κ2) is 7.87. The van der Waals surface area contributed by atoms with Crippen molar-refractivity contribution < 1.29 is 19.2 Å². The number of thiophene rings is 1. The number of nitro groups is 1. The number of hydrogen-bond acceptors (Lipinski definition) is 7. The summed E-state index contributed by atoms with van der Waals surface area (Å²) in [6.07, 6.45) is 7.11. The Morgan fingerprint density at radius 3 is 2.78 bits per heavy atom. The summed E-state index contributed by atoms with van der Waals surface area (Å²) in [5.41, 5.74) is 1.20. The van der Waals surface area contributed by atoms with E-state index in [-0.39, 0.29) is 5.69 Å². The minimum absolute atomic E-state index is 0.187. The van der Waals surface area contributed by atoms with Gasteiger partial charge in [0.1, 0.15) is 23.4 Å². The normalized spacial score (nSPS) is 14.7. The Kier molecular flexibility index (Phi) is 5.54. The first-order valence-corrected chi connectivity index (χ1v) is 9.46. The molecule has 0 aliphatic heterocycles. The van der Waals surface area contributed by atoms with Crippen LogP contribution in [0.1, 0.15) is 53.0 Å². The van der Waals surface area contributed by atoms with Crippen LogP contribution in [-0.2, 0) is 22.4 Å². The van der Waals surface area contributed by atoms with Crippen molar-refractivity contribution in [2.24, 2.45) is 0 Å². The molecule has 3 rings (SSSR count). The molecule has 10 heteroatoms. The van der Waals surface area contributed by atoms with Crippen molar-refractivity contribution in [3.05, 3.63) is 38.5 Å². The smallest absolute Gasteiger partial charge is 0.341 e. The molecule has 2 aromatic heterocycles. The molecular formula is C17H20N4O5S. The Labute approximate surface area is 159 Å². The molecule has 144 valence electrons. The summed E-state index contributed by atoms with van der Waals surface area (Å²) >= 11 is 1.40. The lowest BCUT2D eigenvalue weighted by Gasteiger charge is -2.12. The van der Waals surface area contributed by atoms with Crippen LogP contribution in [0, 0.1) is 10.1 Å². The molecule has 0 saturated carbocycles. The topological polar surface area (TPSA) is 116 Å². The van der Waals surface area contributed by atoms with Gasteiger partial charge in [-0.3, -0.25) is 19.6 Å². The maximum absolute atomic E-state index is 12.6. The van der Waals surface area contributed by atoms with E-state index in [1.54, 1.807) is 6.92 Å². The number of nitrogens with zero attached hydrogens (tertiary/aromatic N) is 3. The lowest BCUT2D eigenvalue weighted by atomic mass is 10.1. The van der Waals surface area contributed by atoms with Crippen molar-refractivity contribution in [1.82, 2.24) is 9.78 Å². The number of rotatable bonds is 5. The zero-order valence-corrected chi connectivity index (χ0v) is 15.9. The fraction of sp³-hybridized carbons (Fsp3) is 0.471. The number of nitrogens with one attached hydrogen (secondary N) is 1. The van der Waals surface area contributed by atoms with Gasteiger partial charge in [0.2, 0.25) is 5.91 Å². The third-order valence-corrected chi connectivity index (χ3v) is 5.83. The molecule has 0 spiro atoms. The van der Waals surface area contributed by atoms with Gasteiger partial charge in [0.15, 0.2) is 0 Å². The fourth-order valence-corrected chi connectivity index (χ4v) is 4.40. The lowest BCUT2D eigenvalue weighted by Crippen LogP contribution is -2.24. The van der Waals surface area contributed by atoms with Crippen LogP contribution in [0.15, 0.2) is 12.4 Å². The number of carbonyl (C=O) groups is 2. The first kappa shape index (κ1) is 19.0. The van der Waals surface area contributed by atoms with Crippen molar-refractivity contribution >= 4 is 33.9 Å². The Morgan fingerprint density at radius 2 is 2.11 bits per heavy atom. The number of methoxy groups -OCH3 is 1. The van der Waals surface area contributed by atoms with Crippen LogP contribution in [0.2, 0.25) is 0 Å². The SMILES string of the molecule is COC(=O)c1c(NC(=O)C(C)n2cc([N+](=O)[O-])cn2)sc2c1CCCCC2. The maximum Gasteiger partial charge on any atom is 0.341 e. The van der Waals surface area contributed by atoms with Crippen LogP contribution in [0.5, 0.6) is 0 Å². The van der Waals surface area contributed by atoms with Crippen molar-refractivity contribution in [3.63, 3.8) is 0 Å². The highest BCUT2D eigenvalue weighted by molar-refractivity contribution is 7.17. The Balaban J connectivity index is 1.86.